The van der Waals surface area contributed by atoms with E-state index in [9.17, 15) is 9.59 Å². The van der Waals surface area contributed by atoms with Crippen molar-refractivity contribution in [2.24, 2.45) is 0 Å². The Morgan fingerprint density at radius 2 is 1.42 bits per heavy atom. The minimum Gasteiger partial charge on any atom is -0.466 e. The second kappa shape index (κ2) is 7.48. The minimum absolute atomic E-state index is 0.344. The van der Waals surface area contributed by atoms with Crippen molar-refractivity contribution in [1.29, 1.82) is 0 Å². The normalized spacial score (nSPS) is 15.2. The molecule has 8 heteroatoms. The molecule has 0 atom stereocenters. The molecule has 1 aromatic rings. The Hall–Kier alpha value is -1.67. The third-order valence-electron chi connectivity index (χ3n) is 3.75. The number of hydrogen-bond donors (Lipinski definition) is 1. The highest BCUT2D eigenvalue weighted by atomic mass is 79.9. The number of carbonyl (C=O) groups is 2. The van der Waals surface area contributed by atoms with Crippen molar-refractivity contribution in [1.82, 2.24) is 10.3 Å². The van der Waals surface area contributed by atoms with E-state index in [1.54, 1.807) is 26.2 Å². The zero-order valence-electron chi connectivity index (χ0n) is 13.6. The van der Waals surface area contributed by atoms with E-state index >= 15 is 0 Å². The van der Waals surface area contributed by atoms with Gasteiger partial charge in [0.05, 0.1) is 31.3 Å². The van der Waals surface area contributed by atoms with E-state index in [4.69, 9.17) is 9.47 Å². The molecule has 24 heavy (non-hydrogen) atoms. The molecule has 2 rings (SSSR count). The highest BCUT2D eigenvalue weighted by Crippen LogP contribution is 2.44. The van der Waals surface area contributed by atoms with Crippen molar-refractivity contribution in [3.8, 4) is 0 Å². The van der Waals surface area contributed by atoms with Gasteiger partial charge >= 0.3 is 11.9 Å². The van der Waals surface area contributed by atoms with Gasteiger partial charge in [-0.2, -0.15) is 0 Å². The minimum atomic E-state index is -0.655. The molecular weight excluding hydrogens is 444 g/mol. The molecule has 1 aromatic heterocycles. The van der Waals surface area contributed by atoms with Crippen LogP contribution in [-0.2, 0) is 19.1 Å². The van der Waals surface area contributed by atoms with Crippen molar-refractivity contribution in [3.05, 3.63) is 49.4 Å². The lowest BCUT2D eigenvalue weighted by Crippen LogP contribution is -2.32. The standard InChI is InChI=1S/C16H16Br2N2O4/c1-7-11(15(21)23-3)14(12(8(2)20-7)16(22)24-4)13-9(17)5-19-6-10(13)18/h5-6,14,20H,1-4H3. The van der Waals surface area contributed by atoms with Crippen LogP contribution >= 0.6 is 31.9 Å². The maximum atomic E-state index is 12.4. The van der Waals surface area contributed by atoms with Gasteiger partial charge in [-0.25, -0.2) is 9.59 Å². The molecule has 2 heterocycles. The number of methoxy groups -OCH3 is 2. The van der Waals surface area contributed by atoms with Crippen LogP contribution in [0.2, 0.25) is 0 Å². The maximum absolute atomic E-state index is 12.4. The second-order valence-electron chi connectivity index (χ2n) is 5.14. The number of dihydropyridines is 1. The van der Waals surface area contributed by atoms with Crippen LogP contribution in [0.25, 0.3) is 0 Å². The van der Waals surface area contributed by atoms with Gasteiger partial charge in [-0.3, -0.25) is 4.98 Å². The molecule has 0 aliphatic carbocycles. The number of nitrogens with one attached hydrogen (secondary N) is 1. The number of ether oxygens (including phenoxy) is 2. The van der Waals surface area contributed by atoms with Gasteiger partial charge in [-0.05, 0) is 51.3 Å². The number of aromatic nitrogens is 1. The lowest BCUT2D eigenvalue weighted by Gasteiger charge is -2.31. The van der Waals surface area contributed by atoms with Crippen LogP contribution in [-0.4, -0.2) is 31.1 Å². The fraction of sp³-hybridized carbons (Fsp3) is 0.312. The van der Waals surface area contributed by atoms with Crippen molar-refractivity contribution in [3.63, 3.8) is 0 Å². The SMILES string of the molecule is COC(=O)C1=C(C)NC(C)=C(C(=O)OC)C1c1c(Br)cncc1Br. The summed E-state index contributed by atoms with van der Waals surface area (Å²) in [6, 6.07) is 0. The summed E-state index contributed by atoms with van der Waals surface area (Å²) in [4.78, 5) is 28.9. The summed E-state index contributed by atoms with van der Waals surface area (Å²) in [5.41, 5.74) is 2.62. The molecule has 1 aliphatic heterocycles. The molecule has 0 fully saturated rings. The van der Waals surface area contributed by atoms with Gasteiger partial charge in [0.2, 0.25) is 0 Å². The van der Waals surface area contributed by atoms with E-state index in [-0.39, 0.29) is 0 Å². The first-order valence-electron chi connectivity index (χ1n) is 6.97. The molecule has 1 aliphatic rings. The Balaban J connectivity index is 2.80. The molecule has 0 bridgehead atoms. The third-order valence-corrected chi connectivity index (χ3v) is 5.01. The highest BCUT2D eigenvalue weighted by Gasteiger charge is 2.39. The molecule has 0 radical (unpaired) electrons. The summed E-state index contributed by atoms with van der Waals surface area (Å²) in [6.45, 7) is 3.53. The van der Waals surface area contributed by atoms with Crippen molar-refractivity contribution in [2.75, 3.05) is 14.2 Å². The maximum Gasteiger partial charge on any atom is 0.336 e. The molecule has 0 saturated heterocycles. The first-order valence-corrected chi connectivity index (χ1v) is 8.56. The number of hydrogen-bond acceptors (Lipinski definition) is 6. The van der Waals surface area contributed by atoms with Crippen LogP contribution in [0.4, 0.5) is 0 Å². The van der Waals surface area contributed by atoms with E-state index in [0.717, 1.165) is 0 Å². The van der Waals surface area contributed by atoms with E-state index in [0.29, 0.717) is 37.0 Å². The second-order valence-corrected chi connectivity index (χ2v) is 6.84. The van der Waals surface area contributed by atoms with Crippen LogP contribution in [0.3, 0.4) is 0 Å². The molecule has 1 N–H and O–H groups in total. The van der Waals surface area contributed by atoms with Gasteiger partial charge in [0.1, 0.15) is 0 Å². The Kier molecular flexibility index (Phi) is 5.82. The molecule has 0 spiro atoms. The molecule has 0 amide bonds. The molecule has 0 unspecified atom stereocenters. The third kappa shape index (κ3) is 3.25. The van der Waals surface area contributed by atoms with Crippen LogP contribution in [0.5, 0.6) is 0 Å². The van der Waals surface area contributed by atoms with E-state index < -0.39 is 17.9 Å². The van der Waals surface area contributed by atoms with Crippen molar-refractivity contribution >= 4 is 43.8 Å². The average Bonchev–Trinajstić information content (AvgIpc) is 2.53. The first-order chi connectivity index (χ1) is 11.3. The number of allylic oxidation sites excluding steroid dienone is 2. The fourth-order valence-corrected chi connectivity index (χ4v) is 4.13. The van der Waals surface area contributed by atoms with Crippen LogP contribution in [0.1, 0.15) is 25.3 Å². The Labute approximate surface area is 156 Å². The summed E-state index contributed by atoms with van der Waals surface area (Å²) in [6.07, 6.45) is 3.22. The predicted octanol–water partition coefficient (Wildman–Crippen LogP) is 3.19. The van der Waals surface area contributed by atoms with Crippen LogP contribution in [0, 0.1) is 0 Å². The van der Waals surface area contributed by atoms with Gasteiger partial charge in [-0.15, -0.1) is 0 Å². The lowest BCUT2D eigenvalue weighted by atomic mass is 9.80. The first kappa shape index (κ1) is 18.7. The number of rotatable bonds is 3. The van der Waals surface area contributed by atoms with Crippen LogP contribution in [0.15, 0.2) is 43.9 Å². The largest absolute Gasteiger partial charge is 0.466 e. The average molecular weight is 460 g/mol. The molecule has 6 nitrogen and oxygen atoms in total. The molecule has 128 valence electrons. The van der Waals surface area contributed by atoms with Crippen molar-refractivity contribution in [2.45, 2.75) is 19.8 Å². The summed E-state index contributed by atoms with van der Waals surface area (Å²) in [5, 5.41) is 3.06. The fourth-order valence-electron chi connectivity index (χ4n) is 2.74. The van der Waals surface area contributed by atoms with Gasteiger partial charge < -0.3 is 14.8 Å². The summed E-state index contributed by atoms with van der Waals surface area (Å²) < 4.78 is 11.2. The number of esters is 2. The summed E-state index contributed by atoms with van der Waals surface area (Å²) in [7, 11) is 2.61. The van der Waals surface area contributed by atoms with Gasteiger partial charge in [0.15, 0.2) is 0 Å². The van der Waals surface area contributed by atoms with Crippen LogP contribution < -0.4 is 5.32 Å². The number of nitrogens with zero attached hydrogens (tertiary/aromatic N) is 1. The highest BCUT2D eigenvalue weighted by molar-refractivity contribution is 9.11. The predicted molar refractivity (Wildman–Crippen MR) is 94.9 cm³/mol. The van der Waals surface area contributed by atoms with Gasteiger partial charge in [-0.1, -0.05) is 0 Å². The van der Waals surface area contributed by atoms with E-state index in [1.807, 2.05) is 0 Å². The Bertz CT molecular complexity index is 713. The smallest absolute Gasteiger partial charge is 0.336 e. The van der Waals surface area contributed by atoms with E-state index in [2.05, 4.69) is 42.2 Å². The Morgan fingerprint density at radius 1 is 1.00 bits per heavy atom. The number of carbonyl (C=O) groups excluding carboxylic acids is 2. The number of halogens is 2. The zero-order chi connectivity index (χ0) is 18.0. The van der Waals surface area contributed by atoms with E-state index in [1.165, 1.54) is 14.2 Å². The zero-order valence-corrected chi connectivity index (χ0v) is 16.7. The molecule has 0 aromatic carbocycles. The van der Waals surface area contributed by atoms with Gasteiger partial charge in [0.25, 0.3) is 0 Å². The monoisotopic (exact) mass is 458 g/mol. The quantitative estimate of drug-likeness (QED) is 0.699. The summed E-state index contributed by atoms with van der Waals surface area (Å²) in [5.74, 6) is -1.69. The topological polar surface area (TPSA) is 77.5 Å². The number of pyridine rings is 1. The summed E-state index contributed by atoms with van der Waals surface area (Å²) >= 11 is 6.91. The van der Waals surface area contributed by atoms with Crippen molar-refractivity contribution < 1.29 is 19.1 Å². The lowest BCUT2D eigenvalue weighted by molar-refractivity contribution is -0.137. The Morgan fingerprint density at radius 3 is 1.79 bits per heavy atom. The molecular formula is C16H16Br2N2O4. The van der Waals surface area contributed by atoms with Gasteiger partial charge in [0, 0.05) is 32.7 Å². The molecule has 0 saturated carbocycles.